The first-order chi connectivity index (χ1) is 11.6. The van der Waals surface area contributed by atoms with Crippen LogP contribution in [0.4, 0.5) is 5.69 Å². The molecule has 2 rings (SSSR count). The molecule has 0 aliphatic heterocycles. The molecule has 128 valence electrons. The Labute approximate surface area is 145 Å². The highest BCUT2D eigenvalue weighted by Gasteiger charge is 2.12. The van der Waals surface area contributed by atoms with E-state index in [0.717, 1.165) is 12.2 Å². The third-order valence-corrected chi connectivity index (χ3v) is 4.19. The van der Waals surface area contributed by atoms with Crippen LogP contribution in [-0.2, 0) is 11.3 Å². The summed E-state index contributed by atoms with van der Waals surface area (Å²) in [6, 6.07) is 18.5. The zero-order valence-electron chi connectivity index (χ0n) is 15.0. The van der Waals surface area contributed by atoms with Crippen molar-refractivity contribution >= 4 is 11.6 Å². The molecule has 0 saturated heterocycles. The Bertz CT molecular complexity index is 637. The fraction of sp³-hybridized carbons (Fsp3) is 0.381. The predicted octanol–water partition coefficient (Wildman–Crippen LogP) is 4.66. The molecule has 2 aromatic rings. The van der Waals surface area contributed by atoms with Crippen LogP contribution in [0, 0.1) is 0 Å². The van der Waals surface area contributed by atoms with Gasteiger partial charge < -0.3 is 10.2 Å². The lowest BCUT2D eigenvalue weighted by atomic mass is 10.0. The van der Waals surface area contributed by atoms with Gasteiger partial charge in [0.15, 0.2) is 0 Å². The highest BCUT2D eigenvalue weighted by atomic mass is 16.2. The molecule has 1 amide bonds. The van der Waals surface area contributed by atoms with Gasteiger partial charge in [-0.3, -0.25) is 4.79 Å². The van der Waals surface area contributed by atoms with E-state index in [2.05, 4.69) is 49.5 Å². The molecular weight excluding hydrogens is 296 g/mol. The van der Waals surface area contributed by atoms with E-state index in [1.165, 1.54) is 11.1 Å². The molecule has 0 aromatic heterocycles. The van der Waals surface area contributed by atoms with Gasteiger partial charge in [-0.2, -0.15) is 0 Å². The van der Waals surface area contributed by atoms with Crippen LogP contribution in [0.2, 0.25) is 0 Å². The van der Waals surface area contributed by atoms with Crippen molar-refractivity contribution in [3.8, 4) is 0 Å². The molecule has 0 fully saturated rings. The van der Waals surface area contributed by atoms with Crippen LogP contribution in [0.3, 0.4) is 0 Å². The summed E-state index contributed by atoms with van der Waals surface area (Å²) >= 11 is 0. The van der Waals surface area contributed by atoms with Crippen molar-refractivity contribution < 1.29 is 4.79 Å². The molecule has 3 heteroatoms. The highest BCUT2D eigenvalue weighted by Crippen LogP contribution is 2.23. The maximum atomic E-state index is 12.5. The van der Waals surface area contributed by atoms with Crippen LogP contribution < -0.4 is 5.32 Å². The second kappa shape index (κ2) is 9.11. The minimum Gasteiger partial charge on any atom is -0.384 e. The second-order valence-electron chi connectivity index (χ2n) is 6.31. The molecule has 0 aliphatic rings. The van der Waals surface area contributed by atoms with Gasteiger partial charge in [0, 0.05) is 31.7 Å². The van der Waals surface area contributed by atoms with Crippen LogP contribution in [0.25, 0.3) is 0 Å². The number of hydrogen-bond donors (Lipinski definition) is 1. The summed E-state index contributed by atoms with van der Waals surface area (Å²) in [4.78, 5) is 14.4. The molecule has 3 nitrogen and oxygen atoms in total. The van der Waals surface area contributed by atoms with Gasteiger partial charge in [0.25, 0.3) is 0 Å². The van der Waals surface area contributed by atoms with E-state index in [0.29, 0.717) is 25.4 Å². The number of para-hydroxylation sites is 1. The van der Waals surface area contributed by atoms with E-state index < -0.39 is 0 Å². The maximum Gasteiger partial charge on any atom is 0.224 e. The number of rotatable bonds is 8. The molecule has 1 N–H and O–H groups in total. The van der Waals surface area contributed by atoms with Crippen molar-refractivity contribution in [1.29, 1.82) is 0 Å². The number of anilines is 1. The molecule has 2 aromatic carbocycles. The predicted molar refractivity (Wildman–Crippen MR) is 101 cm³/mol. The number of amides is 1. The summed E-state index contributed by atoms with van der Waals surface area (Å²) in [6.07, 6.45) is 0.507. The van der Waals surface area contributed by atoms with Crippen molar-refractivity contribution in [2.75, 3.05) is 18.4 Å². The molecule has 0 unspecified atom stereocenters. The van der Waals surface area contributed by atoms with Crippen molar-refractivity contribution in [3.05, 3.63) is 65.7 Å². The van der Waals surface area contributed by atoms with Crippen LogP contribution >= 0.6 is 0 Å². The van der Waals surface area contributed by atoms with Gasteiger partial charge >= 0.3 is 0 Å². The molecule has 0 atom stereocenters. The zero-order valence-corrected chi connectivity index (χ0v) is 15.0. The van der Waals surface area contributed by atoms with E-state index in [-0.39, 0.29) is 5.91 Å². The number of carbonyl (C=O) groups is 1. The van der Waals surface area contributed by atoms with Crippen molar-refractivity contribution in [2.45, 2.75) is 39.7 Å². The zero-order chi connectivity index (χ0) is 17.4. The minimum absolute atomic E-state index is 0.191. The third-order valence-electron chi connectivity index (χ3n) is 4.19. The van der Waals surface area contributed by atoms with Crippen LogP contribution in [-0.4, -0.2) is 23.9 Å². The molecule has 0 radical (unpaired) electrons. The monoisotopic (exact) mass is 324 g/mol. The summed E-state index contributed by atoms with van der Waals surface area (Å²) in [5.41, 5.74) is 3.60. The molecular formula is C21H28N2O. The van der Waals surface area contributed by atoms with Crippen molar-refractivity contribution in [3.63, 3.8) is 0 Å². The van der Waals surface area contributed by atoms with Gasteiger partial charge in [-0.05, 0) is 30.0 Å². The standard InChI is InChI=1S/C21H28N2O/c1-4-23(16-18-10-6-5-7-11-18)21(24)14-15-22-20-13-9-8-12-19(20)17(2)3/h5-13,17,22H,4,14-16H2,1-3H3. The van der Waals surface area contributed by atoms with Gasteiger partial charge in [0.2, 0.25) is 5.91 Å². The van der Waals surface area contributed by atoms with E-state index in [1.54, 1.807) is 0 Å². The molecule has 24 heavy (non-hydrogen) atoms. The SMILES string of the molecule is CCN(Cc1ccccc1)C(=O)CCNc1ccccc1C(C)C. The number of carbonyl (C=O) groups excluding carboxylic acids is 1. The molecule has 0 spiro atoms. The third kappa shape index (κ3) is 5.12. The van der Waals surface area contributed by atoms with Gasteiger partial charge in [-0.15, -0.1) is 0 Å². The smallest absolute Gasteiger partial charge is 0.224 e. The minimum atomic E-state index is 0.191. The maximum absolute atomic E-state index is 12.5. The first kappa shape index (κ1) is 18.1. The fourth-order valence-electron chi connectivity index (χ4n) is 2.80. The van der Waals surface area contributed by atoms with Crippen LogP contribution in [0.1, 0.15) is 44.2 Å². The largest absolute Gasteiger partial charge is 0.384 e. The summed E-state index contributed by atoms with van der Waals surface area (Å²) < 4.78 is 0. The van der Waals surface area contributed by atoms with E-state index in [9.17, 15) is 4.79 Å². The van der Waals surface area contributed by atoms with E-state index in [1.807, 2.05) is 36.1 Å². The summed E-state index contributed by atoms with van der Waals surface area (Å²) in [5.74, 6) is 0.658. The van der Waals surface area contributed by atoms with Crippen molar-refractivity contribution in [2.24, 2.45) is 0 Å². The lowest BCUT2D eigenvalue weighted by molar-refractivity contribution is -0.131. The fourth-order valence-corrected chi connectivity index (χ4v) is 2.80. The van der Waals surface area contributed by atoms with Gasteiger partial charge in [0.1, 0.15) is 0 Å². The van der Waals surface area contributed by atoms with Gasteiger partial charge in [-0.25, -0.2) is 0 Å². The lowest BCUT2D eigenvalue weighted by Crippen LogP contribution is -2.31. The highest BCUT2D eigenvalue weighted by molar-refractivity contribution is 5.76. The van der Waals surface area contributed by atoms with Gasteiger partial charge in [-0.1, -0.05) is 62.4 Å². The Morgan fingerprint density at radius 3 is 2.38 bits per heavy atom. The normalized spacial score (nSPS) is 10.7. The number of benzene rings is 2. The summed E-state index contributed by atoms with van der Waals surface area (Å²) in [6.45, 7) is 8.47. The Hall–Kier alpha value is -2.29. The van der Waals surface area contributed by atoms with Gasteiger partial charge in [0.05, 0.1) is 0 Å². The van der Waals surface area contributed by atoms with E-state index in [4.69, 9.17) is 0 Å². The Kier molecular flexibility index (Phi) is 6.86. The quantitative estimate of drug-likeness (QED) is 0.766. The number of nitrogens with zero attached hydrogens (tertiary/aromatic N) is 1. The molecule has 0 saturated carbocycles. The summed E-state index contributed by atoms with van der Waals surface area (Å²) in [5, 5.41) is 3.42. The number of hydrogen-bond acceptors (Lipinski definition) is 2. The molecule has 0 heterocycles. The number of nitrogens with one attached hydrogen (secondary N) is 1. The average Bonchev–Trinajstić information content (AvgIpc) is 2.60. The Balaban J connectivity index is 1.88. The first-order valence-corrected chi connectivity index (χ1v) is 8.76. The van der Waals surface area contributed by atoms with E-state index >= 15 is 0 Å². The Morgan fingerprint density at radius 1 is 1.04 bits per heavy atom. The topological polar surface area (TPSA) is 32.3 Å². The first-order valence-electron chi connectivity index (χ1n) is 8.76. The summed E-state index contributed by atoms with van der Waals surface area (Å²) in [7, 11) is 0. The van der Waals surface area contributed by atoms with Crippen molar-refractivity contribution in [1.82, 2.24) is 4.90 Å². The van der Waals surface area contributed by atoms with Crippen LogP contribution in [0.5, 0.6) is 0 Å². The second-order valence-corrected chi connectivity index (χ2v) is 6.31. The molecule has 0 bridgehead atoms. The average molecular weight is 324 g/mol. The lowest BCUT2D eigenvalue weighted by Gasteiger charge is -2.21. The van der Waals surface area contributed by atoms with Crippen LogP contribution in [0.15, 0.2) is 54.6 Å². The Morgan fingerprint density at radius 2 is 1.71 bits per heavy atom. The molecule has 0 aliphatic carbocycles.